The lowest BCUT2D eigenvalue weighted by Crippen LogP contribution is -2.47. The van der Waals surface area contributed by atoms with E-state index in [1.165, 1.54) is 0 Å². The first-order valence-corrected chi connectivity index (χ1v) is 15.5. The van der Waals surface area contributed by atoms with Gasteiger partial charge in [-0.2, -0.15) is 0 Å². The first-order chi connectivity index (χ1) is 20.9. The van der Waals surface area contributed by atoms with E-state index in [-0.39, 0.29) is 18.0 Å². The highest BCUT2D eigenvalue weighted by atomic mass is 32.2. The van der Waals surface area contributed by atoms with Crippen LogP contribution in [0.2, 0.25) is 0 Å². The fourth-order valence-electron chi connectivity index (χ4n) is 5.22. The van der Waals surface area contributed by atoms with E-state index in [4.69, 9.17) is 4.74 Å². The summed E-state index contributed by atoms with van der Waals surface area (Å²) in [6.45, 7) is 4.98. The van der Waals surface area contributed by atoms with Crippen LogP contribution >= 0.6 is 11.8 Å². The summed E-state index contributed by atoms with van der Waals surface area (Å²) in [5, 5.41) is 8.91. The van der Waals surface area contributed by atoms with Gasteiger partial charge in [0, 0.05) is 48.1 Å². The molecule has 1 fully saturated rings. The number of piperazine rings is 1. The minimum atomic E-state index is -0.376. The van der Waals surface area contributed by atoms with E-state index in [9.17, 15) is 9.59 Å². The molecule has 1 aliphatic rings. The zero-order chi connectivity index (χ0) is 30.2. The number of urea groups is 1. The molecule has 0 aromatic heterocycles. The Morgan fingerprint density at radius 3 is 2.05 bits per heavy atom. The molecule has 3 N–H and O–H groups in total. The lowest BCUT2D eigenvalue weighted by Gasteiger charge is -2.38. The number of carbonyl (C=O) groups excluding carboxylic acids is 2. The van der Waals surface area contributed by atoms with Crippen molar-refractivity contribution in [2.75, 3.05) is 60.0 Å². The second-order valence-electron chi connectivity index (χ2n) is 10.3. The molecule has 1 atom stereocenters. The zero-order valence-electron chi connectivity index (χ0n) is 24.7. The average Bonchev–Trinajstić information content (AvgIpc) is 3.05. The number of hydrogen-bond donors (Lipinski definition) is 3. The number of nitrogens with zero attached hydrogens (tertiary/aromatic N) is 2. The van der Waals surface area contributed by atoms with Gasteiger partial charge in [-0.3, -0.25) is 4.79 Å². The SMILES string of the molecule is COc1ccccc1N1CCN(c2ccc(NC(=O)Nc3ccc(SC)cc3)cc2C(=O)N[C@H](C)c2ccccc2)CC1. The highest BCUT2D eigenvalue weighted by molar-refractivity contribution is 7.98. The summed E-state index contributed by atoms with van der Waals surface area (Å²) in [5.74, 6) is 0.648. The minimum absolute atomic E-state index is 0.187. The van der Waals surface area contributed by atoms with Crippen LogP contribution in [0.5, 0.6) is 5.75 Å². The summed E-state index contributed by atoms with van der Waals surface area (Å²) < 4.78 is 5.58. The van der Waals surface area contributed by atoms with Crippen LogP contribution in [0.4, 0.5) is 27.5 Å². The quantitative estimate of drug-likeness (QED) is 0.183. The van der Waals surface area contributed by atoms with Gasteiger partial charge in [-0.15, -0.1) is 11.8 Å². The summed E-state index contributed by atoms with van der Waals surface area (Å²) in [4.78, 5) is 32.2. The average molecular weight is 596 g/mol. The number of benzene rings is 4. The van der Waals surface area contributed by atoms with Gasteiger partial charge < -0.3 is 30.5 Å². The topological polar surface area (TPSA) is 85.9 Å². The van der Waals surface area contributed by atoms with Gasteiger partial charge in [0.25, 0.3) is 5.91 Å². The van der Waals surface area contributed by atoms with Crippen molar-refractivity contribution in [2.24, 2.45) is 0 Å². The fraction of sp³-hybridized carbons (Fsp3) is 0.235. The molecule has 5 rings (SSSR count). The summed E-state index contributed by atoms with van der Waals surface area (Å²) in [6, 6.07) is 30.5. The third-order valence-corrected chi connectivity index (χ3v) is 8.28. The monoisotopic (exact) mass is 595 g/mol. The maximum Gasteiger partial charge on any atom is 0.323 e. The van der Waals surface area contributed by atoms with Crippen molar-refractivity contribution in [1.29, 1.82) is 0 Å². The lowest BCUT2D eigenvalue weighted by atomic mass is 10.1. The normalized spacial score (nSPS) is 13.7. The van der Waals surface area contributed by atoms with E-state index in [1.807, 2.05) is 98.1 Å². The Kier molecular flexibility index (Phi) is 9.73. The summed E-state index contributed by atoms with van der Waals surface area (Å²) in [6.07, 6.45) is 2.01. The van der Waals surface area contributed by atoms with Crippen molar-refractivity contribution in [1.82, 2.24) is 5.32 Å². The second kappa shape index (κ2) is 14.0. The summed E-state index contributed by atoms with van der Waals surface area (Å²) in [7, 11) is 1.69. The van der Waals surface area contributed by atoms with E-state index in [0.717, 1.165) is 53.8 Å². The molecule has 0 saturated carbocycles. The molecule has 3 amide bonds. The molecule has 0 spiro atoms. The van der Waals surface area contributed by atoms with Gasteiger partial charge in [0.05, 0.1) is 24.4 Å². The number of anilines is 4. The zero-order valence-corrected chi connectivity index (χ0v) is 25.5. The molecule has 1 heterocycles. The first kappa shape index (κ1) is 29.8. The van der Waals surface area contributed by atoms with Crippen molar-refractivity contribution in [2.45, 2.75) is 17.9 Å². The lowest BCUT2D eigenvalue weighted by molar-refractivity contribution is 0.0940. The summed E-state index contributed by atoms with van der Waals surface area (Å²) in [5.41, 5.74) is 4.64. The van der Waals surface area contributed by atoms with E-state index >= 15 is 0 Å². The van der Waals surface area contributed by atoms with Crippen molar-refractivity contribution >= 4 is 46.4 Å². The molecule has 0 bridgehead atoms. The molecule has 0 aliphatic carbocycles. The molecule has 8 nitrogen and oxygen atoms in total. The maximum absolute atomic E-state index is 13.8. The number of ether oxygens (including phenoxy) is 1. The standard InChI is InChI=1S/C34H37N5O3S/c1-24(25-9-5-4-6-10-25)35-33(40)29-23-27(37-34(41)36-26-13-16-28(43-3)17-14-26)15-18-30(29)38-19-21-39(22-20-38)31-11-7-8-12-32(31)42-2/h4-18,23-24H,19-22H2,1-3H3,(H,35,40)(H2,36,37,41)/t24-/m1/s1. The molecule has 0 radical (unpaired) electrons. The third kappa shape index (κ3) is 7.42. The Hall–Kier alpha value is -4.63. The fourth-order valence-corrected chi connectivity index (χ4v) is 5.63. The number of para-hydroxylation sites is 2. The molecule has 4 aromatic rings. The van der Waals surface area contributed by atoms with Crippen molar-refractivity contribution in [3.05, 3.63) is 108 Å². The van der Waals surface area contributed by atoms with Gasteiger partial charge >= 0.3 is 6.03 Å². The minimum Gasteiger partial charge on any atom is -0.495 e. The highest BCUT2D eigenvalue weighted by Crippen LogP contribution is 2.31. The van der Waals surface area contributed by atoms with Crippen LogP contribution in [0.15, 0.2) is 102 Å². The van der Waals surface area contributed by atoms with Crippen LogP contribution in [0.1, 0.15) is 28.9 Å². The maximum atomic E-state index is 13.8. The molecule has 43 heavy (non-hydrogen) atoms. The molecule has 1 saturated heterocycles. The Balaban J connectivity index is 1.35. The van der Waals surface area contributed by atoms with E-state index < -0.39 is 0 Å². The number of hydrogen-bond acceptors (Lipinski definition) is 6. The molecule has 222 valence electrons. The number of rotatable bonds is 9. The van der Waals surface area contributed by atoms with Crippen molar-refractivity contribution in [3.63, 3.8) is 0 Å². The Bertz CT molecular complexity index is 1540. The first-order valence-electron chi connectivity index (χ1n) is 14.3. The predicted molar refractivity (Wildman–Crippen MR) is 177 cm³/mol. The third-order valence-electron chi connectivity index (χ3n) is 7.54. The number of amides is 3. The number of carbonyl (C=O) groups is 2. The number of thioether (sulfide) groups is 1. The van der Waals surface area contributed by atoms with Crippen molar-refractivity contribution in [3.8, 4) is 5.75 Å². The largest absolute Gasteiger partial charge is 0.495 e. The van der Waals surface area contributed by atoms with E-state index in [1.54, 1.807) is 24.9 Å². The second-order valence-corrected chi connectivity index (χ2v) is 11.2. The van der Waals surface area contributed by atoms with E-state index in [0.29, 0.717) is 16.9 Å². The van der Waals surface area contributed by atoms with Crippen molar-refractivity contribution < 1.29 is 14.3 Å². The van der Waals surface area contributed by atoms with E-state index in [2.05, 4.69) is 31.8 Å². The van der Waals surface area contributed by atoms with Crippen LogP contribution < -0.4 is 30.5 Å². The van der Waals surface area contributed by atoms with Gasteiger partial charge in [-0.05, 0) is 73.3 Å². The van der Waals surface area contributed by atoms with Gasteiger partial charge in [-0.25, -0.2) is 4.79 Å². The number of nitrogens with one attached hydrogen (secondary N) is 3. The molecular weight excluding hydrogens is 558 g/mol. The predicted octanol–water partition coefficient (Wildman–Crippen LogP) is 6.88. The van der Waals surface area contributed by atoms with Gasteiger partial charge in [0.1, 0.15) is 5.75 Å². The molecule has 0 unspecified atom stereocenters. The van der Waals surface area contributed by atoms with Crippen LogP contribution in [-0.4, -0.2) is 51.5 Å². The molecular formula is C34H37N5O3S. The molecule has 1 aliphatic heterocycles. The Morgan fingerprint density at radius 1 is 0.767 bits per heavy atom. The number of methoxy groups -OCH3 is 1. The molecule has 4 aromatic carbocycles. The smallest absolute Gasteiger partial charge is 0.323 e. The van der Waals surface area contributed by atoms with Gasteiger partial charge in [0.2, 0.25) is 0 Å². The Morgan fingerprint density at radius 2 is 1.37 bits per heavy atom. The van der Waals surface area contributed by atoms with Crippen LogP contribution in [0.3, 0.4) is 0 Å². The van der Waals surface area contributed by atoms with Crippen LogP contribution in [0.25, 0.3) is 0 Å². The van der Waals surface area contributed by atoms with Gasteiger partial charge in [-0.1, -0.05) is 42.5 Å². The highest BCUT2D eigenvalue weighted by Gasteiger charge is 2.24. The van der Waals surface area contributed by atoms with Crippen LogP contribution in [0, 0.1) is 0 Å². The summed E-state index contributed by atoms with van der Waals surface area (Å²) >= 11 is 1.64. The Labute approximate surface area is 257 Å². The molecule has 9 heteroatoms. The van der Waals surface area contributed by atoms with Gasteiger partial charge in [0.15, 0.2) is 0 Å². The van der Waals surface area contributed by atoms with Crippen LogP contribution in [-0.2, 0) is 0 Å².